The second kappa shape index (κ2) is 7.45. The number of ether oxygens (including phenoxy) is 1. The van der Waals surface area contributed by atoms with Crippen molar-refractivity contribution in [2.45, 2.75) is 57.8 Å². The summed E-state index contributed by atoms with van der Waals surface area (Å²) in [6, 6.07) is 3.68. The zero-order valence-corrected chi connectivity index (χ0v) is 12.9. The van der Waals surface area contributed by atoms with E-state index in [1.165, 1.54) is 18.2 Å². The van der Waals surface area contributed by atoms with Crippen LogP contribution in [0.4, 0.5) is 14.9 Å². The van der Waals surface area contributed by atoms with E-state index in [9.17, 15) is 14.3 Å². The summed E-state index contributed by atoms with van der Waals surface area (Å²) < 4.78 is 18.9. The number of hydrogen-bond acceptors (Lipinski definition) is 3. The number of hydrogen-bond donors (Lipinski definition) is 3. The Morgan fingerprint density at radius 3 is 2.64 bits per heavy atom. The van der Waals surface area contributed by atoms with Crippen molar-refractivity contribution in [1.29, 1.82) is 0 Å². The number of carbonyl (C=O) groups excluding carboxylic acids is 1. The third kappa shape index (κ3) is 4.87. The van der Waals surface area contributed by atoms with Crippen molar-refractivity contribution in [3.63, 3.8) is 0 Å². The summed E-state index contributed by atoms with van der Waals surface area (Å²) in [5.41, 5.74) is 0.307. The molecule has 1 aliphatic rings. The molecule has 0 aliphatic heterocycles. The highest BCUT2D eigenvalue weighted by Crippen LogP contribution is 2.26. The molecule has 2 rings (SSSR count). The molecule has 1 aliphatic carbocycles. The predicted molar refractivity (Wildman–Crippen MR) is 82.6 cm³/mol. The third-order valence-electron chi connectivity index (χ3n) is 3.58. The van der Waals surface area contributed by atoms with E-state index in [4.69, 9.17) is 4.74 Å². The van der Waals surface area contributed by atoms with Gasteiger partial charge in [0.1, 0.15) is 11.6 Å². The van der Waals surface area contributed by atoms with Gasteiger partial charge in [0.2, 0.25) is 0 Å². The number of benzene rings is 1. The first-order valence-electron chi connectivity index (χ1n) is 7.66. The molecular weight excluding hydrogens is 287 g/mol. The zero-order valence-electron chi connectivity index (χ0n) is 12.9. The lowest BCUT2D eigenvalue weighted by Crippen LogP contribution is -2.41. The van der Waals surface area contributed by atoms with Crippen molar-refractivity contribution in [2.75, 3.05) is 5.32 Å². The van der Waals surface area contributed by atoms with Crippen LogP contribution >= 0.6 is 0 Å². The summed E-state index contributed by atoms with van der Waals surface area (Å²) in [5.74, 6) is -0.00203. The van der Waals surface area contributed by atoms with Gasteiger partial charge in [0, 0.05) is 12.1 Å². The van der Waals surface area contributed by atoms with Gasteiger partial charge >= 0.3 is 6.03 Å². The number of aliphatic hydroxyl groups is 1. The number of aliphatic hydroxyl groups excluding tert-OH is 1. The van der Waals surface area contributed by atoms with Crippen molar-refractivity contribution >= 4 is 11.7 Å². The number of urea groups is 1. The average molecular weight is 310 g/mol. The van der Waals surface area contributed by atoms with Gasteiger partial charge in [0.05, 0.1) is 17.9 Å². The molecule has 0 unspecified atom stereocenters. The fraction of sp³-hybridized carbons (Fsp3) is 0.562. The first kappa shape index (κ1) is 16.5. The van der Waals surface area contributed by atoms with Crippen LogP contribution in [0.15, 0.2) is 18.2 Å². The Kier molecular flexibility index (Phi) is 5.60. The second-order valence-electron chi connectivity index (χ2n) is 5.91. The first-order chi connectivity index (χ1) is 10.4. The predicted octanol–water partition coefficient (Wildman–Crippen LogP) is 3.04. The minimum absolute atomic E-state index is 0.0337. The number of carbonyl (C=O) groups is 1. The normalized spacial score (nSPS) is 21.5. The van der Waals surface area contributed by atoms with Crippen LogP contribution in [0, 0.1) is 5.82 Å². The maximum absolute atomic E-state index is 13.4. The molecule has 0 saturated heterocycles. The van der Waals surface area contributed by atoms with Gasteiger partial charge in [-0.1, -0.05) is 0 Å². The fourth-order valence-electron chi connectivity index (χ4n) is 2.52. The van der Waals surface area contributed by atoms with Gasteiger partial charge in [-0.05, 0) is 51.7 Å². The van der Waals surface area contributed by atoms with Gasteiger partial charge in [0.25, 0.3) is 0 Å². The molecule has 0 atom stereocenters. The highest BCUT2D eigenvalue weighted by molar-refractivity contribution is 5.91. The van der Waals surface area contributed by atoms with E-state index in [1.54, 1.807) is 0 Å². The van der Waals surface area contributed by atoms with E-state index >= 15 is 0 Å². The highest BCUT2D eigenvalue weighted by atomic mass is 19.1. The molecule has 1 aromatic rings. The number of halogens is 1. The Labute approximate surface area is 129 Å². The van der Waals surface area contributed by atoms with Crippen molar-refractivity contribution in [3.8, 4) is 5.75 Å². The van der Waals surface area contributed by atoms with Crippen molar-refractivity contribution in [2.24, 2.45) is 0 Å². The molecule has 5 nitrogen and oxygen atoms in total. The first-order valence-corrected chi connectivity index (χ1v) is 7.66. The Morgan fingerprint density at radius 1 is 1.32 bits per heavy atom. The van der Waals surface area contributed by atoms with Crippen molar-refractivity contribution in [1.82, 2.24) is 5.32 Å². The maximum Gasteiger partial charge on any atom is 0.319 e. The van der Waals surface area contributed by atoms with Crippen molar-refractivity contribution in [3.05, 3.63) is 24.0 Å². The molecule has 0 spiro atoms. The Bertz CT molecular complexity index is 514. The summed E-state index contributed by atoms with van der Waals surface area (Å²) in [4.78, 5) is 12.0. The van der Waals surface area contributed by atoms with E-state index < -0.39 is 5.82 Å². The molecule has 22 heavy (non-hydrogen) atoms. The number of rotatable bonds is 4. The van der Waals surface area contributed by atoms with Crippen LogP contribution in [0.3, 0.4) is 0 Å². The quantitative estimate of drug-likeness (QED) is 0.800. The number of anilines is 1. The number of nitrogens with one attached hydrogen (secondary N) is 2. The molecule has 1 fully saturated rings. The summed E-state index contributed by atoms with van der Waals surface area (Å²) in [6.07, 6.45) is 2.52. The SMILES string of the molecule is CC(C)Oc1ccc(F)cc1NC(=O)NC1CCC(O)CC1. The molecule has 1 saturated carbocycles. The molecule has 0 bridgehead atoms. The van der Waals surface area contributed by atoms with Crippen molar-refractivity contribution < 1.29 is 19.0 Å². The zero-order chi connectivity index (χ0) is 16.1. The van der Waals surface area contributed by atoms with Crippen LogP contribution in [0.2, 0.25) is 0 Å². The van der Waals surface area contributed by atoms with Gasteiger partial charge in [0.15, 0.2) is 0 Å². The Hall–Kier alpha value is -1.82. The van der Waals surface area contributed by atoms with Gasteiger partial charge in [-0.25, -0.2) is 9.18 Å². The van der Waals surface area contributed by atoms with Crippen LogP contribution < -0.4 is 15.4 Å². The molecule has 1 aromatic carbocycles. The molecule has 0 aromatic heterocycles. The number of amides is 2. The monoisotopic (exact) mass is 310 g/mol. The second-order valence-corrected chi connectivity index (χ2v) is 5.91. The molecule has 3 N–H and O–H groups in total. The van der Waals surface area contributed by atoms with Crippen LogP contribution in [0.5, 0.6) is 5.75 Å². The summed E-state index contributed by atoms with van der Waals surface area (Å²) in [6.45, 7) is 3.72. The highest BCUT2D eigenvalue weighted by Gasteiger charge is 2.21. The lowest BCUT2D eigenvalue weighted by atomic mass is 9.93. The minimum atomic E-state index is -0.438. The molecule has 6 heteroatoms. The molecule has 0 heterocycles. The van der Waals surface area contributed by atoms with E-state index in [-0.39, 0.29) is 24.3 Å². The Balaban J connectivity index is 1.97. The topological polar surface area (TPSA) is 70.6 Å². The minimum Gasteiger partial charge on any atom is -0.489 e. The fourth-order valence-corrected chi connectivity index (χ4v) is 2.52. The van der Waals surface area contributed by atoms with E-state index in [0.717, 1.165) is 12.8 Å². The standard InChI is InChI=1S/C16H23FN2O3/c1-10(2)22-15-8-3-11(17)9-14(15)19-16(21)18-12-4-6-13(20)7-5-12/h3,8-10,12-13,20H,4-7H2,1-2H3,(H2,18,19,21). The van der Waals surface area contributed by atoms with Crippen LogP contribution in [-0.2, 0) is 0 Å². The summed E-state index contributed by atoms with van der Waals surface area (Å²) in [5, 5.41) is 14.9. The van der Waals surface area contributed by atoms with Gasteiger partial charge in [-0.3, -0.25) is 0 Å². The van der Waals surface area contributed by atoms with Gasteiger partial charge < -0.3 is 20.5 Å². The summed E-state index contributed by atoms with van der Waals surface area (Å²) >= 11 is 0. The van der Waals surface area contributed by atoms with Gasteiger partial charge in [-0.2, -0.15) is 0 Å². The summed E-state index contributed by atoms with van der Waals surface area (Å²) in [7, 11) is 0. The Morgan fingerprint density at radius 2 is 2.00 bits per heavy atom. The molecule has 0 radical (unpaired) electrons. The molecular formula is C16H23FN2O3. The van der Waals surface area contributed by atoms with E-state index in [1.807, 2.05) is 13.8 Å². The average Bonchev–Trinajstić information content (AvgIpc) is 2.44. The maximum atomic E-state index is 13.4. The third-order valence-corrected chi connectivity index (χ3v) is 3.58. The van der Waals surface area contributed by atoms with Gasteiger partial charge in [-0.15, -0.1) is 0 Å². The van der Waals surface area contributed by atoms with Crippen LogP contribution in [0.25, 0.3) is 0 Å². The smallest absolute Gasteiger partial charge is 0.319 e. The molecule has 122 valence electrons. The lowest BCUT2D eigenvalue weighted by Gasteiger charge is -2.26. The van der Waals surface area contributed by atoms with E-state index in [0.29, 0.717) is 24.3 Å². The van der Waals surface area contributed by atoms with Crippen LogP contribution in [-0.4, -0.2) is 29.4 Å². The lowest BCUT2D eigenvalue weighted by molar-refractivity contribution is 0.118. The van der Waals surface area contributed by atoms with E-state index in [2.05, 4.69) is 10.6 Å². The van der Waals surface area contributed by atoms with Crippen LogP contribution in [0.1, 0.15) is 39.5 Å². The molecule has 2 amide bonds. The largest absolute Gasteiger partial charge is 0.489 e.